The topological polar surface area (TPSA) is 45.6 Å². The van der Waals surface area contributed by atoms with Crippen LogP contribution in [-0.2, 0) is 6.61 Å². The fourth-order valence-corrected chi connectivity index (χ4v) is 1.22. The molecule has 1 N–H and O–H groups in total. The molecule has 0 spiro atoms. The summed E-state index contributed by atoms with van der Waals surface area (Å²) in [6, 6.07) is 3.60. The number of hydrogen-bond donors (Lipinski definition) is 1. The molecule has 0 fully saturated rings. The molecule has 15 heavy (non-hydrogen) atoms. The summed E-state index contributed by atoms with van der Waals surface area (Å²) in [4.78, 5) is 6.18. The van der Waals surface area contributed by atoms with E-state index in [2.05, 4.69) is 9.88 Å². The molecule has 0 aliphatic rings. The van der Waals surface area contributed by atoms with Gasteiger partial charge >= 0.3 is 0 Å². The number of nitrogens with zero attached hydrogens (tertiary/aromatic N) is 2. The Morgan fingerprint density at radius 2 is 2.27 bits per heavy atom. The summed E-state index contributed by atoms with van der Waals surface area (Å²) >= 11 is 0. The molecule has 4 nitrogen and oxygen atoms in total. The lowest BCUT2D eigenvalue weighted by Crippen LogP contribution is -2.16. The Morgan fingerprint density at radius 3 is 2.93 bits per heavy atom. The van der Waals surface area contributed by atoms with Gasteiger partial charge in [0.1, 0.15) is 0 Å². The van der Waals surface area contributed by atoms with Crippen LogP contribution < -0.4 is 4.74 Å². The second-order valence-corrected chi connectivity index (χ2v) is 3.63. The lowest BCUT2D eigenvalue weighted by molar-refractivity contribution is 0.247. The van der Waals surface area contributed by atoms with Gasteiger partial charge in [0.25, 0.3) is 0 Å². The fourth-order valence-electron chi connectivity index (χ4n) is 1.22. The number of rotatable bonds is 6. The molecule has 1 heterocycles. The van der Waals surface area contributed by atoms with E-state index in [9.17, 15) is 0 Å². The van der Waals surface area contributed by atoms with E-state index >= 15 is 0 Å². The Balaban J connectivity index is 2.36. The van der Waals surface area contributed by atoms with Gasteiger partial charge in [-0.1, -0.05) is 0 Å². The van der Waals surface area contributed by atoms with Crippen molar-refractivity contribution >= 4 is 0 Å². The number of pyridine rings is 1. The minimum absolute atomic E-state index is 0.0309. The van der Waals surface area contributed by atoms with Crippen LogP contribution in [-0.4, -0.2) is 42.2 Å². The summed E-state index contributed by atoms with van der Waals surface area (Å²) in [5, 5.41) is 9.03. The Kier molecular flexibility index (Phi) is 5.07. The van der Waals surface area contributed by atoms with Gasteiger partial charge in [-0.3, -0.25) is 0 Å². The first kappa shape index (κ1) is 11.9. The first-order chi connectivity index (χ1) is 7.24. The van der Waals surface area contributed by atoms with E-state index in [0.717, 1.165) is 18.5 Å². The van der Waals surface area contributed by atoms with Crippen molar-refractivity contribution in [2.45, 2.75) is 13.0 Å². The zero-order chi connectivity index (χ0) is 11.1. The van der Waals surface area contributed by atoms with Crippen molar-refractivity contribution in [3.05, 3.63) is 23.9 Å². The first-order valence-electron chi connectivity index (χ1n) is 5.06. The summed E-state index contributed by atoms with van der Waals surface area (Å²) in [6.07, 6.45) is 2.62. The highest BCUT2D eigenvalue weighted by molar-refractivity contribution is 5.24. The number of hydrogen-bond acceptors (Lipinski definition) is 4. The molecule has 0 aromatic carbocycles. The van der Waals surface area contributed by atoms with Gasteiger partial charge < -0.3 is 14.7 Å². The van der Waals surface area contributed by atoms with E-state index in [1.165, 1.54) is 0 Å². The predicted octanol–water partition coefficient (Wildman–Crippen LogP) is 0.904. The molecule has 1 rings (SSSR count). The zero-order valence-electron chi connectivity index (χ0n) is 9.31. The van der Waals surface area contributed by atoms with Crippen LogP contribution in [0.25, 0.3) is 0 Å². The second kappa shape index (κ2) is 6.37. The molecule has 84 valence electrons. The minimum atomic E-state index is -0.0309. The molecule has 0 saturated heterocycles. The predicted molar refractivity (Wildman–Crippen MR) is 58.8 cm³/mol. The molecule has 0 radical (unpaired) electrons. The van der Waals surface area contributed by atoms with E-state index in [1.54, 1.807) is 12.3 Å². The van der Waals surface area contributed by atoms with Crippen LogP contribution in [0, 0.1) is 0 Å². The molecule has 0 atom stereocenters. The van der Waals surface area contributed by atoms with Crippen LogP contribution in [0.15, 0.2) is 18.3 Å². The van der Waals surface area contributed by atoms with Gasteiger partial charge in [0.2, 0.25) is 5.88 Å². The molecule has 0 amide bonds. The van der Waals surface area contributed by atoms with Gasteiger partial charge in [-0.15, -0.1) is 0 Å². The van der Waals surface area contributed by atoms with E-state index in [0.29, 0.717) is 12.5 Å². The molecule has 0 aliphatic heterocycles. The third-order valence-corrected chi connectivity index (χ3v) is 2.01. The van der Waals surface area contributed by atoms with E-state index in [-0.39, 0.29) is 6.61 Å². The second-order valence-electron chi connectivity index (χ2n) is 3.63. The summed E-state index contributed by atoms with van der Waals surface area (Å²) in [5.74, 6) is 0.541. The van der Waals surface area contributed by atoms with Crippen LogP contribution in [0.3, 0.4) is 0 Å². The average Bonchev–Trinajstić information content (AvgIpc) is 2.24. The van der Waals surface area contributed by atoms with Gasteiger partial charge in [-0.05, 0) is 32.6 Å². The quantitative estimate of drug-likeness (QED) is 0.709. The monoisotopic (exact) mass is 210 g/mol. The molecule has 0 aliphatic carbocycles. The maximum absolute atomic E-state index is 9.03. The van der Waals surface area contributed by atoms with E-state index in [1.807, 2.05) is 20.2 Å². The van der Waals surface area contributed by atoms with Crippen molar-refractivity contribution in [3.8, 4) is 5.88 Å². The summed E-state index contributed by atoms with van der Waals surface area (Å²) in [7, 11) is 4.06. The molecular formula is C11H18N2O2. The SMILES string of the molecule is CN(C)CCCOc1ncccc1CO. The van der Waals surface area contributed by atoms with Gasteiger partial charge in [0.05, 0.1) is 13.2 Å². The van der Waals surface area contributed by atoms with Gasteiger partial charge in [0, 0.05) is 18.3 Å². The highest BCUT2D eigenvalue weighted by Gasteiger charge is 2.02. The maximum atomic E-state index is 9.03. The number of aliphatic hydroxyl groups is 1. The standard InChI is InChI=1S/C11H18N2O2/c1-13(2)7-4-8-15-11-10(9-14)5-3-6-12-11/h3,5-6,14H,4,7-9H2,1-2H3. The first-order valence-corrected chi connectivity index (χ1v) is 5.06. The normalized spacial score (nSPS) is 10.7. The highest BCUT2D eigenvalue weighted by atomic mass is 16.5. The lowest BCUT2D eigenvalue weighted by atomic mass is 10.3. The lowest BCUT2D eigenvalue weighted by Gasteiger charge is -2.11. The molecule has 0 bridgehead atoms. The average molecular weight is 210 g/mol. The van der Waals surface area contributed by atoms with Crippen LogP contribution in [0.1, 0.15) is 12.0 Å². The Labute approximate surface area is 90.5 Å². The Hall–Kier alpha value is -1.13. The zero-order valence-corrected chi connectivity index (χ0v) is 9.31. The van der Waals surface area contributed by atoms with E-state index < -0.39 is 0 Å². The number of aliphatic hydroxyl groups excluding tert-OH is 1. The largest absolute Gasteiger partial charge is 0.477 e. The van der Waals surface area contributed by atoms with E-state index in [4.69, 9.17) is 9.84 Å². The van der Waals surface area contributed by atoms with Gasteiger partial charge in [0.15, 0.2) is 0 Å². The van der Waals surface area contributed by atoms with Crippen LogP contribution in [0.2, 0.25) is 0 Å². The number of ether oxygens (including phenoxy) is 1. The van der Waals surface area contributed by atoms with Crippen LogP contribution in [0.4, 0.5) is 0 Å². The minimum Gasteiger partial charge on any atom is -0.477 e. The smallest absolute Gasteiger partial charge is 0.218 e. The van der Waals surface area contributed by atoms with Crippen molar-refractivity contribution in [1.29, 1.82) is 0 Å². The van der Waals surface area contributed by atoms with Gasteiger partial charge in [-0.2, -0.15) is 0 Å². The highest BCUT2D eigenvalue weighted by Crippen LogP contribution is 2.13. The fraction of sp³-hybridized carbons (Fsp3) is 0.545. The Morgan fingerprint density at radius 1 is 1.47 bits per heavy atom. The van der Waals surface area contributed by atoms with Crippen molar-refractivity contribution in [1.82, 2.24) is 9.88 Å². The summed E-state index contributed by atoms with van der Waals surface area (Å²) in [5.41, 5.74) is 0.738. The van der Waals surface area contributed by atoms with Crippen molar-refractivity contribution in [3.63, 3.8) is 0 Å². The molecular weight excluding hydrogens is 192 g/mol. The molecule has 1 aromatic rings. The van der Waals surface area contributed by atoms with Crippen molar-refractivity contribution in [2.75, 3.05) is 27.2 Å². The summed E-state index contributed by atoms with van der Waals surface area (Å²) in [6.45, 7) is 1.58. The third kappa shape index (κ3) is 4.27. The molecule has 0 saturated carbocycles. The molecule has 0 unspecified atom stereocenters. The third-order valence-electron chi connectivity index (χ3n) is 2.01. The van der Waals surface area contributed by atoms with Gasteiger partial charge in [-0.25, -0.2) is 4.98 Å². The van der Waals surface area contributed by atoms with Crippen molar-refractivity contribution in [2.24, 2.45) is 0 Å². The molecule has 4 heteroatoms. The summed E-state index contributed by atoms with van der Waals surface area (Å²) < 4.78 is 5.48. The van der Waals surface area contributed by atoms with Crippen LogP contribution in [0.5, 0.6) is 5.88 Å². The van der Waals surface area contributed by atoms with Crippen LogP contribution >= 0.6 is 0 Å². The molecule has 1 aromatic heterocycles. The Bertz CT molecular complexity index is 290. The van der Waals surface area contributed by atoms with Crippen molar-refractivity contribution < 1.29 is 9.84 Å². The maximum Gasteiger partial charge on any atom is 0.218 e. The number of aromatic nitrogens is 1.